The molecule has 5 heteroatoms. The Labute approximate surface area is 135 Å². The molecule has 1 heterocycles. The Hall–Kier alpha value is -1.04. The summed E-state index contributed by atoms with van der Waals surface area (Å²) in [5, 5.41) is 2.97. The summed E-state index contributed by atoms with van der Waals surface area (Å²) in [6.07, 6.45) is 1.85. The maximum atomic E-state index is 12.3. The highest BCUT2D eigenvalue weighted by Gasteiger charge is 2.13. The summed E-state index contributed by atoms with van der Waals surface area (Å²) in [5.41, 5.74) is 1.92. The van der Waals surface area contributed by atoms with Gasteiger partial charge in [0.1, 0.15) is 0 Å². The van der Waals surface area contributed by atoms with E-state index in [1.165, 1.54) is 11.3 Å². The summed E-state index contributed by atoms with van der Waals surface area (Å²) < 4.78 is 0.997. The van der Waals surface area contributed by atoms with E-state index in [4.69, 9.17) is 0 Å². The predicted molar refractivity (Wildman–Crippen MR) is 92.1 cm³/mol. The van der Waals surface area contributed by atoms with Gasteiger partial charge in [-0.1, -0.05) is 18.2 Å². The van der Waals surface area contributed by atoms with Gasteiger partial charge >= 0.3 is 0 Å². The van der Waals surface area contributed by atoms with Crippen molar-refractivity contribution in [3.8, 4) is 0 Å². The number of hydrogen-bond acceptors (Lipinski definition) is 3. The van der Waals surface area contributed by atoms with Gasteiger partial charge in [-0.25, -0.2) is 0 Å². The predicted octanol–water partition coefficient (Wildman–Crippen LogP) is 5.35. The van der Waals surface area contributed by atoms with Crippen molar-refractivity contribution in [2.24, 2.45) is 0 Å². The van der Waals surface area contributed by atoms with Crippen molar-refractivity contribution in [3.05, 3.63) is 57.2 Å². The van der Waals surface area contributed by atoms with Gasteiger partial charge in [0.15, 0.2) is 0 Å². The number of aryl methyl sites for hydroxylation is 1. The molecule has 104 valence electrons. The van der Waals surface area contributed by atoms with Gasteiger partial charge in [0.25, 0.3) is 5.91 Å². The van der Waals surface area contributed by atoms with Crippen molar-refractivity contribution in [2.75, 3.05) is 11.1 Å². The Morgan fingerprint density at radius 1 is 1.50 bits per heavy atom. The Morgan fingerprint density at radius 2 is 2.25 bits per heavy atom. The number of para-hydroxylation sites is 1. The summed E-state index contributed by atoms with van der Waals surface area (Å²) in [5.74, 6) is 0.742. The van der Waals surface area contributed by atoms with E-state index in [-0.39, 0.29) is 5.91 Å². The van der Waals surface area contributed by atoms with E-state index in [9.17, 15) is 4.79 Å². The normalized spacial score (nSPS) is 10.3. The molecule has 0 fully saturated rings. The van der Waals surface area contributed by atoms with Gasteiger partial charge in [-0.05, 0) is 46.6 Å². The molecule has 0 atom stereocenters. The number of carbonyl (C=O) groups is 1. The molecule has 1 aromatic carbocycles. The first-order chi connectivity index (χ1) is 9.61. The number of thiophene rings is 1. The molecule has 1 amide bonds. The number of thioether (sulfide) groups is 1. The lowest BCUT2D eigenvalue weighted by Crippen LogP contribution is -2.10. The van der Waals surface area contributed by atoms with Crippen molar-refractivity contribution < 1.29 is 4.79 Å². The first-order valence-corrected chi connectivity index (χ1v) is 8.61. The third-order valence-electron chi connectivity index (χ3n) is 2.57. The standard InChI is InChI=1S/C15H14BrNOS2/c1-3-8-19-12-7-5-4-6-11(12)17-15(18)13-9-10(2)14(16)20-13/h3-7,9H,1,8H2,2H3,(H,17,18). The van der Waals surface area contributed by atoms with Crippen LogP contribution in [-0.2, 0) is 0 Å². The van der Waals surface area contributed by atoms with E-state index in [2.05, 4.69) is 27.8 Å². The van der Waals surface area contributed by atoms with E-state index >= 15 is 0 Å². The van der Waals surface area contributed by atoms with Crippen molar-refractivity contribution in [2.45, 2.75) is 11.8 Å². The molecule has 0 aliphatic rings. The van der Waals surface area contributed by atoms with Gasteiger partial charge in [0.05, 0.1) is 14.4 Å². The van der Waals surface area contributed by atoms with Crippen LogP contribution in [0.4, 0.5) is 5.69 Å². The molecule has 2 rings (SSSR count). The molecule has 0 saturated heterocycles. The van der Waals surface area contributed by atoms with E-state index in [0.717, 1.165) is 25.7 Å². The number of anilines is 1. The lowest BCUT2D eigenvalue weighted by molar-refractivity contribution is 0.103. The van der Waals surface area contributed by atoms with Crippen LogP contribution in [0.25, 0.3) is 0 Å². The van der Waals surface area contributed by atoms with Crippen molar-refractivity contribution >= 4 is 50.6 Å². The van der Waals surface area contributed by atoms with Crippen LogP contribution in [0, 0.1) is 6.92 Å². The minimum atomic E-state index is -0.0737. The van der Waals surface area contributed by atoms with Crippen LogP contribution in [0.2, 0.25) is 0 Å². The van der Waals surface area contributed by atoms with E-state index in [0.29, 0.717) is 4.88 Å². The fraction of sp³-hybridized carbons (Fsp3) is 0.133. The Morgan fingerprint density at radius 3 is 2.90 bits per heavy atom. The van der Waals surface area contributed by atoms with E-state index in [1.807, 2.05) is 43.3 Å². The third-order valence-corrected chi connectivity index (χ3v) is 5.78. The zero-order valence-electron chi connectivity index (χ0n) is 11.0. The van der Waals surface area contributed by atoms with Crippen molar-refractivity contribution in [1.82, 2.24) is 0 Å². The molecule has 20 heavy (non-hydrogen) atoms. The van der Waals surface area contributed by atoms with E-state index in [1.54, 1.807) is 11.8 Å². The number of carbonyl (C=O) groups excluding carboxylic acids is 1. The molecule has 2 nitrogen and oxygen atoms in total. The Kier molecular flexibility index (Phi) is 5.46. The zero-order chi connectivity index (χ0) is 14.5. The minimum Gasteiger partial charge on any atom is -0.320 e. The monoisotopic (exact) mass is 367 g/mol. The number of nitrogens with one attached hydrogen (secondary N) is 1. The fourth-order valence-electron chi connectivity index (χ4n) is 1.60. The lowest BCUT2D eigenvalue weighted by Gasteiger charge is -2.09. The molecular formula is C15H14BrNOS2. The molecule has 0 spiro atoms. The zero-order valence-corrected chi connectivity index (χ0v) is 14.2. The van der Waals surface area contributed by atoms with Gasteiger partial charge in [0, 0.05) is 10.6 Å². The summed E-state index contributed by atoms with van der Waals surface area (Å²) in [4.78, 5) is 14.0. The first kappa shape index (κ1) is 15.4. The number of amides is 1. The number of hydrogen-bond donors (Lipinski definition) is 1. The van der Waals surface area contributed by atoms with Crippen LogP contribution < -0.4 is 5.32 Å². The second-order valence-corrected chi connectivity index (χ2v) is 7.55. The molecular weight excluding hydrogens is 354 g/mol. The highest BCUT2D eigenvalue weighted by molar-refractivity contribution is 9.11. The van der Waals surface area contributed by atoms with Gasteiger partial charge in [-0.15, -0.1) is 29.7 Å². The van der Waals surface area contributed by atoms with Crippen LogP contribution in [0.15, 0.2) is 51.7 Å². The Bertz CT molecular complexity index is 617. The maximum Gasteiger partial charge on any atom is 0.265 e. The molecule has 0 bridgehead atoms. The molecule has 1 N–H and O–H groups in total. The SMILES string of the molecule is C=CCSc1ccccc1NC(=O)c1cc(C)c(Br)s1. The van der Waals surface area contributed by atoms with Crippen LogP contribution >= 0.6 is 39.0 Å². The molecule has 0 radical (unpaired) electrons. The smallest absolute Gasteiger partial charge is 0.265 e. The number of halogens is 1. The van der Waals surface area contributed by atoms with Crippen molar-refractivity contribution in [3.63, 3.8) is 0 Å². The van der Waals surface area contributed by atoms with Crippen LogP contribution in [0.1, 0.15) is 15.2 Å². The second-order valence-electron chi connectivity index (χ2n) is 4.12. The highest BCUT2D eigenvalue weighted by Crippen LogP contribution is 2.30. The average molecular weight is 368 g/mol. The molecule has 1 aromatic heterocycles. The third kappa shape index (κ3) is 3.75. The average Bonchev–Trinajstić information content (AvgIpc) is 2.78. The van der Waals surface area contributed by atoms with Gasteiger partial charge < -0.3 is 5.32 Å². The van der Waals surface area contributed by atoms with Gasteiger partial charge in [-0.2, -0.15) is 0 Å². The van der Waals surface area contributed by atoms with E-state index < -0.39 is 0 Å². The van der Waals surface area contributed by atoms with Gasteiger partial charge in [-0.3, -0.25) is 4.79 Å². The largest absolute Gasteiger partial charge is 0.320 e. The Balaban J connectivity index is 2.17. The number of rotatable bonds is 5. The first-order valence-electron chi connectivity index (χ1n) is 6.02. The van der Waals surface area contributed by atoms with Gasteiger partial charge in [0.2, 0.25) is 0 Å². The summed E-state index contributed by atoms with van der Waals surface area (Å²) in [6.45, 7) is 5.69. The minimum absolute atomic E-state index is 0.0737. The molecule has 2 aromatic rings. The van der Waals surface area contributed by atoms with Crippen LogP contribution in [-0.4, -0.2) is 11.7 Å². The van der Waals surface area contributed by atoms with Crippen molar-refractivity contribution in [1.29, 1.82) is 0 Å². The molecule has 0 saturated carbocycles. The number of benzene rings is 1. The van der Waals surface area contributed by atoms with Crippen LogP contribution in [0.5, 0.6) is 0 Å². The molecule has 0 aliphatic carbocycles. The van der Waals surface area contributed by atoms with Crippen LogP contribution in [0.3, 0.4) is 0 Å². The quantitative estimate of drug-likeness (QED) is 0.569. The molecule has 0 aliphatic heterocycles. The summed E-state index contributed by atoms with van der Waals surface area (Å²) >= 11 is 6.54. The summed E-state index contributed by atoms with van der Waals surface area (Å²) in [7, 11) is 0. The topological polar surface area (TPSA) is 29.1 Å². The highest BCUT2D eigenvalue weighted by atomic mass is 79.9. The molecule has 0 unspecified atom stereocenters. The fourth-order valence-corrected chi connectivity index (χ4v) is 3.78. The summed E-state index contributed by atoms with van der Waals surface area (Å²) in [6, 6.07) is 9.69. The second kappa shape index (κ2) is 7.11. The maximum absolute atomic E-state index is 12.3. The lowest BCUT2D eigenvalue weighted by atomic mass is 10.3.